The molecule has 0 heterocycles. The van der Waals surface area contributed by atoms with Gasteiger partial charge in [0.25, 0.3) is 5.91 Å². The highest BCUT2D eigenvalue weighted by Crippen LogP contribution is 2.19. The molecular weight excluding hydrogens is 357 g/mol. The van der Waals surface area contributed by atoms with Crippen LogP contribution in [-0.4, -0.2) is 24.9 Å². The minimum Gasteiger partial charge on any atom is -0.376 e. The molecule has 2 amide bonds. The maximum absolute atomic E-state index is 13.1. The first kappa shape index (κ1) is 19.7. The molecule has 0 unspecified atom stereocenters. The van der Waals surface area contributed by atoms with Crippen molar-refractivity contribution in [1.82, 2.24) is 5.32 Å². The third-order valence-corrected chi connectivity index (χ3v) is 3.91. The fourth-order valence-electron chi connectivity index (χ4n) is 2.18. The largest absolute Gasteiger partial charge is 0.376 e. The fourth-order valence-corrected chi connectivity index (χ4v) is 2.36. The Labute approximate surface area is 156 Å². The van der Waals surface area contributed by atoms with Crippen LogP contribution in [0.25, 0.3) is 0 Å². The first-order valence-electron chi connectivity index (χ1n) is 8.36. The molecule has 0 bridgehead atoms. The molecule has 0 aliphatic carbocycles. The average molecular weight is 378 g/mol. The van der Waals surface area contributed by atoms with E-state index >= 15 is 0 Å². The van der Waals surface area contributed by atoms with Gasteiger partial charge in [0.05, 0.1) is 11.6 Å². The number of amides is 2. The number of nitrogens with one attached hydrogen (secondary N) is 3. The van der Waals surface area contributed by atoms with Gasteiger partial charge in [-0.1, -0.05) is 24.9 Å². The van der Waals surface area contributed by atoms with Gasteiger partial charge in [0.1, 0.15) is 5.82 Å². The molecule has 5 nitrogen and oxygen atoms in total. The predicted molar refractivity (Wildman–Crippen MR) is 102 cm³/mol. The van der Waals surface area contributed by atoms with E-state index in [2.05, 4.69) is 22.9 Å². The van der Waals surface area contributed by atoms with E-state index in [4.69, 9.17) is 11.6 Å². The van der Waals surface area contributed by atoms with Crippen molar-refractivity contribution in [3.63, 3.8) is 0 Å². The van der Waals surface area contributed by atoms with Crippen LogP contribution in [0.15, 0.2) is 42.5 Å². The Morgan fingerprint density at radius 3 is 2.42 bits per heavy atom. The molecule has 0 aliphatic heterocycles. The van der Waals surface area contributed by atoms with Crippen molar-refractivity contribution in [2.75, 3.05) is 23.7 Å². The van der Waals surface area contributed by atoms with Gasteiger partial charge >= 0.3 is 0 Å². The van der Waals surface area contributed by atoms with Crippen LogP contribution in [-0.2, 0) is 4.79 Å². The second-order valence-corrected chi connectivity index (χ2v) is 6.12. The van der Waals surface area contributed by atoms with Gasteiger partial charge in [-0.05, 0) is 48.9 Å². The molecule has 2 rings (SSSR count). The molecule has 0 atom stereocenters. The number of hydrogen-bond donors (Lipinski definition) is 3. The van der Waals surface area contributed by atoms with Crippen LogP contribution in [0, 0.1) is 5.82 Å². The van der Waals surface area contributed by atoms with Gasteiger partial charge in [-0.15, -0.1) is 0 Å². The van der Waals surface area contributed by atoms with Crippen molar-refractivity contribution in [3.8, 4) is 0 Å². The Balaban J connectivity index is 1.82. The van der Waals surface area contributed by atoms with Gasteiger partial charge < -0.3 is 16.0 Å². The highest BCUT2D eigenvalue weighted by molar-refractivity contribution is 6.31. The predicted octanol–water partition coefficient (Wildman–Crippen LogP) is 4.06. The molecule has 26 heavy (non-hydrogen) atoms. The summed E-state index contributed by atoms with van der Waals surface area (Å²) in [5.41, 5.74) is 1.70. The summed E-state index contributed by atoms with van der Waals surface area (Å²) in [7, 11) is 0. The van der Waals surface area contributed by atoms with Crippen molar-refractivity contribution in [2.45, 2.75) is 19.8 Å². The first-order chi connectivity index (χ1) is 12.5. The summed E-state index contributed by atoms with van der Waals surface area (Å²) in [6.07, 6.45) is 1.97. The van der Waals surface area contributed by atoms with Crippen LogP contribution in [0.3, 0.4) is 0 Å². The molecule has 3 N–H and O–H groups in total. The van der Waals surface area contributed by atoms with Gasteiger partial charge in [-0.2, -0.15) is 0 Å². The van der Waals surface area contributed by atoms with E-state index in [0.29, 0.717) is 23.5 Å². The molecule has 7 heteroatoms. The fraction of sp³-hybridized carbons (Fsp3) is 0.263. The summed E-state index contributed by atoms with van der Waals surface area (Å²) >= 11 is 5.68. The number of hydrogen-bond acceptors (Lipinski definition) is 3. The smallest absolute Gasteiger partial charge is 0.251 e. The van der Waals surface area contributed by atoms with Gasteiger partial charge in [0, 0.05) is 23.5 Å². The van der Waals surface area contributed by atoms with E-state index in [-0.39, 0.29) is 23.4 Å². The van der Waals surface area contributed by atoms with E-state index < -0.39 is 5.82 Å². The third kappa shape index (κ3) is 6.04. The molecular formula is C19H21ClFN3O2. The maximum atomic E-state index is 13.1. The minimum atomic E-state index is -0.540. The molecule has 0 aliphatic rings. The number of halogens is 2. The lowest BCUT2D eigenvalue weighted by atomic mass is 10.2. The van der Waals surface area contributed by atoms with Crippen molar-refractivity contribution in [3.05, 3.63) is 58.9 Å². The quantitative estimate of drug-likeness (QED) is 0.607. The summed E-state index contributed by atoms with van der Waals surface area (Å²) in [6, 6.07) is 10.8. The van der Waals surface area contributed by atoms with Crippen LogP contribution in [0.1, 0.15) is 30.1 Å². The number of unbranched alkanes of at least 4 members (excludes halogenated alkanes) is 1. The summed E-state index contributed by atoms with van der Waals surface area (Å²) < 4.78 is 13.1. The highest BCUT2D eigenvalue weighted by atomic mass is 35.5. The van der Waals surface area contributed by atoms with Crippen LogP contribution < -0.4 is 16.0 Å². The molecule has 2 aromatic rings. The van der Waals surface area contributed by atoms with E-state index in [1.165, 1.54) is 18.2 Å². The molecule has 0 fully saturated rings. The lowest BCUT2D eigenvalue weighted by molar-refractivity contribution is -0.114. The topological polar surface area (TPSA) is 70.2 Å². The van der Waals surface area contributed by atoms with Crippen LogP contribution in [0.4, 0.5) is 15.8 Å². The SMILES string of the molecule is CCCCNC(=O)c1ccc(NCC(=O)Nc2ccc(F)c(Cl)c2)cc1. The molecule has 0 aromatic heterocycles. The van der Waals surface area contributed by atoms with E-state index in [9.17, 15) is 14.0 Å². The van der Waals surface area contributed by atoms with E-state index in [0.717, 1.165) is 12.8 Å². The monoisotopic (exact) mass is 377 g/mol. The molecule has 2 aromatic carbocycles. The van der Waals surface area contributed by atoms with E-state index in [1.54, 1.807) is 24.3 Å². The number of anilines is 2. The van der Waals surface area contributed by atoms with Gasteiger partial charge in [0.15, 0.2) is 0 Å². The zero-order valence-electron chi connectivity index (χ0n) is 14.4. The zero-order valence-corrected chi connectivity index (χ0v) is 15.2. The maximum Gasteiger partial charge on any atom is 0.251 e. The van der Waals surface area contributed by atoms with Crippen molar-refractivity contribution in [1.29, 1.82) is 0 Å². The summed E-state index contributed by atoms with van der Waals surface area (Å²) in [5.74, 6) is -0.952. The van der Waals surface area contributed by atoms with Crippen molar-refractivity contribution >= 4 is 34.8 Å². The Hall–Kier alpha value is -2.60. The highest BCUT2D eigenvalue weighted by Gasteiger charge is 2.07. The number of rotatable bonds is 8. The normalized spacial score (nSPS) is 10.3. The van der Waals surface area contributed by atoms with Crippen LogP contribution in [0.2, 0.25) is 5.02 Å². The van der Waals surface area contributed by atoms with E-state index in [1.807, 2.05) is 0 Å². The summed E-state index contributed by atoms with van der Waals surface area (Å²) in [6.45, 7) is 2.74. The Kier molecular flexibility index (Phi) is 7.41. The number of benzene rings is 2. The van der Waals surface area contributed by atoms with Gasteiger partial charge in [-0.25, -0.2) is 4.39 Å². The molecule has 0 saturated carbocycles. The summed E-state index contributed by atoms with van der Waals surface area (Å²) in [4.78, 5) is 23.8. The average Bonchev–Trinajstić information content (AvgIpc) is 2.63. The number of carbonyl (C=O) groups is 2. The Bertz CT molecular complexity index is 766. The lowest BCUT2D eigenvalue weighted by Gasteiger charge is -2.09. The van der Waals surface area contributed by atoms with Crippen LogP contribution >= 0.6 is 11.6 Å². The third-order valence-electron chi connectivity index (χ3n) is 3.62. The minimum absolute atomic E-state index is 0.0248. The lowest BCUT2D eigenvalue weighted by Crippen LogP contribution is -2.24. The molecule has 0 radical (unpaired) electrons. The van der Waals surface area contributed by atoms with Gasteiger partial charge in [0.2, 0.25) is 5.91 Å². The zero-order chi connectivity index (χ0) is 18.9. The van der Waals surface area contributed by atoms with Crippen molar-refractivity contribution < 1.29 is 14.0 Å². The second-order valence-electron chi connectivity index (χ2n) is 5.72. The standard InChI is InChI=1S/C19H21ClFN3O2/c1-2-3-10-22-19(26)13-4-6-14(7-5-13)23-12-18(25)24-15-8-9-17(21)16(20)11-15/h4-9,11,23H,2-3,10,12H2,1H3,(H,22,26)(H,24,25). The molecule has 0 saturated heterocycles. The Morgan fingerprint density at radius 2 is 1.77 bits per heavy atom. The van der Waals surface area contributed by atoms with Gasteiger partial charge in [-0.3, -0.25) is 9.59 Å². The Morgan fingerprint density at radius 1 is 1.08 bits per heavy atom. The number of carbonyl (C=O) groups excluding carboxylic acids is 2. The molecule has 138 valence electrons. The first-order valence-corrected chi connectivity index (χ1v) is 8.74. The second kappa shape index (κ2) is 9.77. The van der Waals surface area contributed by atoms with Crippen molar-refractivity contribution in [2.24, 2.45) is 0 Å². The molecule has 0 spiro atoms. The van der Waals surface area contributed by atoms with Crippen LogP contribution in [0.5, 0.6) is 0 Å². The summed E-state index contributed by atoms with van der Waals surface area (Å²) in [5, 5.41) is 8.37.